The lowest BCUT2D eigenvalue weighted by atomic mass is 9.94. The van der Waals surface area contributed by atoms with E-state index in [0.717, 1.165) is 0 Å². The van der Waals surface area contributed by atoms with E-state index in [2.05, 4.69) is 55.4 Å². The molecular weight excluding hydrogens is 192 g/mol. The van der Waals surface area contributed by atoms with Crippen molar-refractivity contribution in [2.45, 2.75) is 101 Å². The summed E-state index contributed by atoms with van der Waals surface area (Å²) >= 11 is 0. The average molecular weight is 232 g/mol. The first-order valence-electron chi connectivity index (χ1n) is 7.39. The molecule has 0 nitrogen and oxygen atoms in total. The summed E-state index contributed by atoms with van der Waals surface area (Å²) in [6.07, 6.45) is 6.60. The molecule has 0 aromatic heterocycles. The molecule has 0 amide bonds. The molecule has 0 heterocycles. The largest absolute Gasteiger partial charge is 0.0683 e. The standard InChI is InChI=1S/C6H14.C5H12.C3H8.C2H6/c1-5-6(2,3)4;1-3-5-4-2;1-3-2;1-2/h5H2,1-4H3;3-5H2,1-2H3;3H2,1-2H3;1-2H3. The zero-order valence-electron chi connectivity index (χ0n) is 14.0. The quantitative estimate of drug-likeness (QED) is 0.477. The summed E-state index contributed by atoms with van der Waals surface area (Å²) in [6, 6.07) is 0. The van der Waals surface area contributed by atoms with Gasteiger partial charge in [0.2, 0.25) is 0 Å². The Bertz CT molecular complexity index is 64.6. The summed E-state index contributed by atoms with van der Waals surface area (Å²) in [5.41, 5.74) is 0.542. The lowest BCUT2D eigenvalue weighted by molar-refractivity contribution is 0.398. The predicted molar refractivity (Wildman–Crippen MR) is 82.3 cm³/mol. The second kappa shape index (κ2) is 24.3. The molecule has 0 atom stereocenters. The van der Waals surface area contributed by atoms with Gasteiger partial charge in [0.25, 0.3) is 0 Å². The maximum absolute atomic E-state index is 2.24. The van der Waals surface area contributed by atoms with Crippen molar-refractivity contribution in [2.75, 3.05) is 0 Å². The summed E-state index contributed by atoms with van der Waals surface area (Å²) in [5, 5.41) is 0. The van der Waals surface area contributed by atoms with Gasteiger partial charge in [-0.05, 0) is 5.41 Å². The van der Waals surface area contributed by atoms with Gasteiger partial charge >= 0.3 is 0 Å². The van der Waals surface area contributed by atoms with Gasteiger partial charge in [-0.2, -0.15) is 0 Å². The highest BCUT2D eigenvalue weighted by molar-refractivity contribution is 4.55. The summed E-state index contributed by atoms with van der Waals surface area (Å²) < 4.78 is 0. The average Bonchev–Trinajstić information content (AvgIpc) is 2.23. The third kappa shape index (κ3) is 94.6. The smallest absolute Gasteiger partial charge is 0.0385 e. The van der Waals surface area contributed by atoms with Crippen molar-refractivity contribution >= 4 is 0 Å². The fraction of sp³-hybridized carbons (Fsp3) is 1.00. The first-order chi connectivity index (χ1) is 7.39. The van der Waals surface area contributed by atoms with Gasteiger partial charge in [0.15, 0.2) is 0 Å². The van der Waals surface area contributed by atoms with Crippen LogP contribution in [-0.2, 0) is 0 Å². The van der Waals surface area contributed by atoms with Crippen molar-refractivity contribution in [3.05, 3.63) is 0 Å². The van der Waals surface area contributed by atoms with Crippen LogP contribution in [0.1, 0.15) is 101 Å². The van der Waals surface area contributed by atoms with E-state index in [-0.39, 0.29) is 0 Å². The minimum absolute atomic E-state index is 0.542. The summed E-state index contributed by atoms with van der Waals surface area (Å²) in [5.74, 6) is 0. The Kier molecular flexibility index (Phi) is 38.0. The van der Waals surface area contributed by atoms with Crippen LogP contribution in [0.25, 0.3) is 0 Å². The highest BCUT2D eigenvalue weighted by Crippen LogP contribution is 2.16. The van der Waals surface area contributed by atoms with Crippen LogP contribution in [0.15, 0.2) is 0 Å². The van der Waals surface area contributed by atoms with Gasteiger partial charge < -0.3 is 0 Å². The van der Waals surface area contributed by atoms with E-state index in [9.17, 15) is 0 Å². The molecule has 16 heavy (non-hydrogen) atoms. The van der Waals surface area contributed by atoms with Gasteiger partial charge in [0, 0.05) is 0 Å². The van der Waals surface area contributed by atoms with Crippen molar-refractivity contribution in [3.8, 4) is 0 Å². The molecule has 0 aliphatic carbocycles. The Balaban J connectivity index is -0.0000000653. The Morgan fingerprint density at radius 3 is 0.875 bits per heavy atom. The first-order valence-corrected chi connectivity index (χ1v) is 7.39. The van der Waals surface area contributed by atoms with E-state index in [4.69, 9.17) is 0 Å². The molecule has 0 bridgehead atoms. The molecule has 0 fully saturated rings. The Morgan fingerprint density at radius 1 is 0.688 bits per heavy atom. The topological polar surface area (TPSA) is 0 Å². The van der Waals surface area contributed by atoms with Crippen LogP contribution in [0, 0.1) is 5.41 Å². The van der Waals surface area contributed by atoms with Crippen molar-refractivity contribution in [2.24, 2.45) is 5.41 Å². The van der Waals surface area contributed by atoms with Crippen molar-refractivity contribution in [1.29, 1.82) is 0 Å². The van der Waals surface area contributed by atoms with Gasteiger partial charge in [-0.3, -0.25) is 0 Å². The molecule has 0 radical (unpaired) electrons. The van der Waals surface area contributed by atoms with E-state index in [1.165, 1.54) is 32.1 Å². The number of hydrogen-bond acceptors (Lipinski definition) is 0. The summed E-state index contributed by atoms with van der Waals surface area (Å²) in [6.45, 7) is 21.6. The molecule has 104 valence electrons. The molecule has 0 aliphatic rings. The number of hydrogen-bond donors (Lipinski definition) is 0. The van der Waals surface area contributed by atoms with Gasteiger partial charge in [-0.25, -0.2) is 0 Å². The predicted octanol–water partition coefficient (Wildman–Crippen LogP) is 7.08. The Morgan fingerprint density at radius 2 is 0.875 bits per heavy atom. The van der Waals surface area contributed by atoms with Crippen LogP contribution < -0.4 is 0 Å². The van der Waals surface area contributed by atoms with Gasteiger partial charge in [0.1, 0.15) is 0 Å². The fourth-order valence-electron chi connectivity index (χ4n) is 0.354. The van der Waals surface area contributed by atoms with E-state index in [1.54, 1.807) is 0 Å². The van der Waals surface area contributed by atoms with E-state index >= 15 is 0 Å². The van der Waals surface area contributed by atoms with Gasteiger partial charge in [-0.15, -0.1) is 0 Å². The van der Waals surface area contributed by atoms with E-state index in [1.807, 2.05) is 13.8 Å². The van der Waals surface area contributed by atoms with Crippen LogP contribution in [0.5, 0.6) is 0 Å². The molecule has 0 saturated carbocycles. The third-order valence-corrected chi connectivity index (χ3v) is 1.77. The lowest BCUT2D eigenvalue weighted by Crippen LogP contribution is -2.00. The van der Waals surface area contributed by atoms with Crippen molar-refractivity contribution in [3.63, 3.8) is 0 Å². The molecule has 0 heteroatoms. The SMILES string of the molecule is CC.CCC.CCC(C)(C)C.CCCCC. The molecular formula is C16H40. The zero-order valence-corrected chi connectivity index (χ0v) is 14.0. The molecule has 0 rings (SSSR count). The molecule has 0 unspecified atom stereocenters. The lowest BCUT2D eigenvalue weighted by Gasteiger charge is -2.12. The minimum Gasteiger partial charge on any atom is -0.0683 e. The van der Waals surface area contributed by atoms with Crippen LogP contribution in [0.4, 0.5) is 0 Å². The normalized spacial score (nSPS) is 8.62. The molecule has 0 aromatic carbocycles. The van der Waals surface area contributed by atoms with Crippen LogP contribution in [0.3, 0.4) is 0 Å². The second-order valence-electron chi connectivity index (χ2n) is 4.97. The monoisotopic (exact) mass is 232 g/mol. The maximum atomic E-state index is 2.24. The zero-order chi connectivity index (χ0) is 14.0. The van der Waals surface area contributed by atoms with Crippen LogP contribution in [-0.4, -0.2) is 0 Å². The third-order valence-electron chi connectivity index (χ3n) is 1.77. The molecule has 0 saturated heterocycles. The first kappa shape index (κ1) is 25.0. The summed E-state index contributed by atoms with van der Waals surface area (Å²) in [4.78, 5) is 0. The van der Waals surface area contributed by atoms with Crippen molar-refractivity contribution in [1.82, 2.24) is 0 Å². The van der Waals surface area contributed by atoms with Crippen LogP contribution >= 0.6 is 0 Å². The molecule has 0 aromatic rings. The van der Waals surface area contributed by atoms with Gasteiger partial charge in [0.05, 0.1) is 0 Å². The highest BCUT2D eigenvalue weighted by Gasteiger charge is 2.03. The highest BCUT2D eigenvalue weighted by atomic mass is 14.1. The van der Waals surface area contributed by atoms with E-state index < -0.39 is 0 Å². The Hall–Kier alpha value is 0. The maximum Gasteiger partial charge on any atom is -0.0385 e. The van der Waals surface area contributed by atoms with E-state index in [0.29, 0.717) is 5.41 Å². The molecule has 0 N–H and O–H groups in total. The minimum atomic E-state index is 0.542. The Labute approximate surface area is 107 Å². The number of rotatable bonds is 2. The van der Waals surface area contributed by atoms with Crippen molar-refractivity contribution < 1.29 is 0 Å². The van der Waals surface area contributed by atoms with Gasteiger partial charge in [-0.1, -0.05) is 101 Å². The summed E-state index contributed by atoms with van der Waals surface area (Å²) in [7, 11) is 0. The van der Waals surface area contributed by atoms with Crippen LogP contribution in [0.2, 0.25) is 0 Å². The number of unbranched alkanes of at least 4 members (excludes halogenated alkanes) is 2. The fourth-order valence-corrected chi connectivity index (χ4v) is 0.354. The second-order valence-corrected chi connectivity index (χ2v) is 4.97. The molecule has 0 aliphatic heterocycles. The molecule has 0 spiro atoms.